The van der Waals surface area contributed by atoms with Gasteiger partial charge in [0.15, 0.2) is 0 Å². The van der Waals surface area contributed by atoms with Crippen molar-refractivity contribution >= 4 is 28.2 Å². The summed E-state index contributed by atoms with van der Waals surface area (Å²) in [5.41, 5.74) is 2.74. The van der Waals surface area contributed by atoms with Crippen LogP contribution in [0.15, 0.2) is 54.9 Å². The molecule has 2 N–H and O–H groups in total. The van der Waals surface area contributed by atoms with E-state index in [4.69, 9.17) is 0 Å². The fourth-order valence-electron chi connectivity index (χ4n) is 3.35. The SMILES string of the molecule is O=C(Nc1cccc2cccnc12)c1cc(N2CC[C@H](CO)C2)ccn1. The van der Waals surface area contributed by atoms with E-state index in [1.165, 1.54) is 0 Å². The molecule has 6 heteroatoms. The number of anilines is 2. The second-order valence-corrected chi connectivity index (χ2v) is 6.52. The summed E-state index contributed by atoms with van der Waals surface area (Å²) in [6.45, 7) is 1.88. The summed E-state index contributed by atoms with van der Waals surface area (Å²) in [6.07, 6.45) is 4.32. The van der Waals surface area contributed by atoms with E-state index < -0.39 is 0 Å². The number of hydrogen-bond acceptors (Lipinski definition) is 5. The van der Waals surface area contributed by atoms with Crippen molar-refractivity contribution in [3.63, 3.8) is 0 Å². The number of carbonyl (C=O) groups excluding carboxylic acids is 1. The van der Waals surface area contributed by atoms with Crippen molar-refractivity contribution in [1.82, 2.24) is 9.97 Å². The largest absolute Gasteiger partial charge is 0.396 e. The van der Waals surface area contributed by atoms with Gasteiger partial charge in [-0.1, -0.05) is 18.2 Å². The Kier molecular flexibility index (Phi) is 4.50. The van der Waals surface area contributed by atoms with E-state index in [1.54, 1.807) is 18.5 Å². The number of para-hydroxylation sites is 1. The predicted molar refractivity (Wildman–Crippen MR) is 101 cm³/mol. The number of aliphatic hydroxyl groups is 1. The first-order chi connectivity index (χ1) is 12.7. The normalized spacial score (nSPS) is 16.8. The van der Waals surface area contributed by atoms with E-state index in [0.29, 0.717) is 17.3 Å². The number of amides is 1. The molecule has 1 saturated heterocycles. The van der Waals surface area contributed by atoms with Crippen molar-refractivity contribution in [3.05, 3.63) is 60.6 Å². The van der Waals surface area contributed by atoms with Crippen molar-refractivity contribution in [2.24, 2.45) is 5.92 Å². The Morgan fingerprint density at radius 2 is 2.08 bits per heavy atom. The molecule has 2 aromatic heterocycles. The van der Waals surface area contributed by atoms with Gasteiger partial charge in [0, 0.05) is 49.1 Å². The highest BCUT2D eigenvalue weighted by Gasteiger charge is 2.22. The van der Waals surface area contributed by atoms with Crippen LogP contribution in [-0.4, -0.2) is 40.7 Å². The molecule has 3 heterocycles. The second-order valence-electron chi connectivity index (χ2n) is 6.52. The first-order valence-corrected chi connectivity index (χ1v) is 8.71. The summed E-state index contributed by atoms with van der Waals surface area (Å²) >= 11 is 0. The highest BCUT2D eigenvalue weighted by molar-refractivity contribution is 6.07. The Labute approximate surface area is 151 Å². The molecule has 1 aliphatic heterocycles. The maximum atomic E-state index is 12.7. The van der Waals surface area contributed by atoms with Gasteiger partial charge in [0.25, 0.3) is 5.91 Å². The molecule has 1 amide bonds. The summed E-state index contributed by atoms with van der Waals surface area (Å²) in [4.78, 5) is 23.4. The molecular formula is C20H20N4O2. The van der Waals surface area contributed by atoms with E-state index in [9.17, 15) is 9.90 Å². The number of nitrogens with zero attached hydrogens (tertiary/aromatic N) is 3. The zero-order valence-corrected chi connectivity index (χ0v) is 14.3. The summed E-state index contributed by atoms with van der Waals surface area (Å²) in [5.74, 6) is 0.0325. The fourth-order valence-corrected chi connectivity index (χ4v) is 3.35. The van der Waals surface area contributed by atoms with Crippen molar-refractivity contribution in [2.45, 2.75) is 6.42 Å². The van der Waals surface area contributed by atoms with Crippen LogP contribution in [-0.2, 0) is 0 Å². The van der Waals surface area contributed by atoms with Crippen molar-refractivity contribution in [3.8, 4) is 0 Å². The smallest absolute Gasteiger partial charge is 0.274 e. The third-order valence-corrected chi connectivity index (χ3v) is 4.77. The summed E-state index contributed by atoms with van der Waals surface area (Å²) in [6, 6.07) is 13.2. The molecule has 1 aromatic carbocycles. The first-order valence-electron chi connectivity index (χ1n) is 8.71. The molecule has 1 aliphatic rings. The van der Waals surface area contributed by atoms with Crippen LogP contribution in [0.2, 0.25) is 0 Å². The Bertz CT molecular complexity index is 939. The zero-order valence-electron chi connectivity index (χ0n) is 14.3. The predicted octanol–water partition coefficient (Wildman–Crippen LogP) is 2.70. The van der Waals surface area contributed by atoms with Gasteiger partial charge in [0.2, 0.25) is 0 Å². The average molecular weight is 348 g/mol. The van der Waals surface area contributed by atoms with Crippen molar-refractivity contribution < 1.29 is 9.90 Å². The maximum absolute atomic E-state index is 12.7. The van der Waals surface area contributed by atoms with E-state index in [2.05, 4.69) is 20.2 Å². The van der Waals surface area contributed by atoms with Crippen LogP contribution in [0, 0.1) is 5.92 Å². The molecule has 0 aliphatic carbocycles. The number of aliphatic hydroxyl groups excluding tert-OH is 1. The molecule has 3 aromatic rings. The minimum Gasteiger partial charge on any atom is -0.396 e. The lowest BCUT2D eigenvalue weighted by atomic mass is 10.1. The quantitative estimate of drug-likeness (QED) is 0.758. The second kappa shape index (κ2) is 7.09. The van der Waals surface area contributed by atoms with Gasteiger partial charge in [-0.2, -0.15) is 0 Å². The minimum atomic E-state index is -0.261. The number of rotatable bonds is 4. The topological polar surface area (TPSA) is 78.4 Å². The van der Waals surface area contributed by atoms with E-state index >= 15 is 0 Å². The third-order valence-electron chi connectivity index (χ3n) is 4.77. The Hall–Kier alpha value is -2.99. The standard InChI is InChI=1S/C20H20N4O2/c25-13-14-7-10-24(12-14)16-6-9-21-18(11-16)20(26)23-17-5-1-3-15-4-2-8-22-19(15)17/h1-6,8-9,11,14,25H,7,10,12-13H2,(H,23,26)/t14-/m0/s1. The van der Waals surface area contributed by atoms with Crippen molar-refractivity contribution in [1.29, 1.82) is 0 Å². The van der Waals surface area contributed by atoms with Gasteiger partial charge >= 0.3 is 0 Å². The molecular weight excluding hydrogens is 328 g/mol. The first kappa shape index (κ1) is 16.5. The lowest BCUT2D eigenvalue weighted by Gasteiger charge is -2.18. The summed E-state index contributed by atoms with van der Waals surface area (Å²) in [7, 11) is 0. The van der Waals surface area contributed by atoms with Crippen LogP contribution < -0.4 is 10.2 Å². The molecule has 6 nitrogen and oxygen atoms in total. The Balaban J connectivity index is 1.56. The number of fused-ring (bicyclic) bond motifs is 1. The van der Waals surface area contributed by atoms with Crippen LogP contribution in [0.3, 0.4) is 0 Å². The number of aromatic nitrogens is 2. The Morgan fingerprint density at radius 3 is 2.92 bits per heavy atom. The number of pyridine rings is 2. The molecule has 26 heavy (non-hydrogen) atoms. The van der Waals surface area contributed by atoms with Gasteiger partial charge < -0.3 is 15.3 Å². The highest BCUT2D eigenvalue weighted by atomic mass is 16.3. The molecule has 0 bridgehead atoms. The molecule has 0 spiro atoms. The van der Waals surface area contributed by atoms with E-state index in [1.807, 2.05) is 36.4 Å². The number of nitrogens with one attached hydrogen (secondary N) is 1. The lowest BCUT2D eigenvalue weighted by molar-refractivity contribution is 0.102. The van der Waals surface area contributed by atoms with E-state index in [-0.39, 0.29) is 12.5 Å². The van der Waals surface area contributed by atoms with Gasteiger partial charge in [-0.3, -0.25) is 14.8 Å². The van der Waals surface area contributed by atoms with E-state index in [0.717, 1.165) is 36.1 Å². The third kappa shape index (κ3) is 3.23. The molecule has 1 fully saturated rings. The summed E-state index contributed by atoms with van der Waals surface area (Å²) in [5, 5.41) is 13.2. The highest BCUT2D eigenvalue weighted by Crippen LogP contribution is 2.25. The van der Waals surface area contributed by atoms with Crippen LogP contribution >= 0.6 is 0 Å². The van der Waals surface area contributed by atoms with Gasteiger partial charge in [-0.15, -0.1) is 0 Å². The number of carbonyl (C=O) groups is 1. The van der Waals surface area contributed by atoms with Crippen LogP contribution in [0.25, 0.3) is 10.9 Å². The molecule has 4 rings (SSSR count). The maximum Gasteiger partial charge on any atom is 0.274 e. The number of benzene rings is 1. The molecule has 0 radical (unpaired) electrons. The van der Waals surface area contributed by atoms with Gasteiger partial charge in [-0.25, -0.2) is 0 Å². The zero-order chi connectivity index (χ0) is 17.9. The fraction of sp³-hybridized carbons (Fsp3) is 0.250. The van der Waals surface area contributed by atoms with Gasteiger partial charge in [0.1, 0.15) is 5.69 Å². The van der Waals surface area contributed by atoms with Crippen LogP contribution in [0.5, 0.6) is 0 Å². The number of hydrogen-bond donors (Lipinski definition) is 2. The van der Waals surface area contributed by atoms with Crippen LogP contribution in [0.4, 0.5) is 11.4 Å². The summed E-state index contributed by atoms with van der Waals surface area (Å²) < 4.78 is 0. The van der Waals surface area contributed by atoms with Gasteiger partial charge in [0.05, 0.1) is 11.2 Å². The molecule has 0 unspecified atom stereocenters. The molecule has 132 valence electrons. The average Bonchev–Trinajstić information content (AvgIpc) is 3.18. The Morgan fingerprint density at radius 1 is 1.19 bits per heavy atom. The monoisotopic (exact) mass is 348 g/mol. The van der Waals surface area contributed by atoms with Crippen LogP contribution in [0.1, 0.15) is 16.9 Å². The van der Waals surface area contributed by atoms with Crippen molar-refractivity contribution in [2.75, 3.05) is 29.9 Å². The lowest BCUT2D eigenvalue weighted by Crippen LogP contribution is -2.22. The van der Waals surface area contributed by atoms with Gasteiger partial charge in [-0.05, 0) is 30.7 Å². The molecule has 0 saturated carbocycles. The molecule has 1 atom stereocenters. The minimum absolute atomic E-state index is 0.197.